The van der Waals surface area contributed by atoms with E-state index in [1.54, 1.807) is 24.3 Å². The second-order valence-corrected chi connectivity index (χ2v) is 6.38. The molecular weight excluding hydrogens is 318 g/mol. The first-order chi connectivity index (χ1) is 11.0. The molecule has 0 heterocycles. The molecule has 5 nitrogen and oxygen atoms in total. The Kier molecular flexibility index (Phi) is 6.28. The third kappa shape index (κ3) is 5.13. The molecular formula is C17H22ClNO4. The Morgan fingerprint density at radius 1 is 1.09 bits per heavy atom. The maximum Gasteiger partial charge on any atom is 0.329 e. The van der Waals surface area contributed by atoms with Gasteiger partial charge < -0.3 is 15.2 Å². The van der Waals surface area contributed by atoms with E-state index in [0.717, 1.165) is 32.1 Å². The molecule has 0 aliphatic heterocycles. The molecule has 23 heavy (non-hydrogen) atoms. The van der Waals surface area contributed by atoms with Crippen molar-refractivity contribution in [2.45, 2.75) is 50.5 Å². The van der Waals surface area contributed by atoms with Gasteiger partial charge in [0.15, 0.2) is 6.61 Å². The van der Waals surface area contributed by atoms with Crippen LogP contribution in [0.4, 0.5) is 0 Å². The molecule has 6 heteroatoms. The summed E-state index contributed by atoms with van der Waals surface area (Å²) in [5.41, 5.74) is -1.17. The fourth-order valence-corrected chi connectivity index (χ4v) is 3.01. The van der Waals surface area contributed by atoms with E-state index in [-0.39, 0.29) is 6.61 Å². The van der Waals surface area contributed by atoms with Crippen molar-refractivity contribution in [1.29, 1.82) is 0 Å². The van der Waals surface area contributed by atoms with E-state index in [9.17, 15) is 14.7 Å². The van der Waals surface area contributed by atoms with Crippen LogP contribution in [-0.4, -0.2) is 29.1 Å². The Morgan fingerprint density at radius 3 is 2.22 bits per heavy atom. The number of hydrogen-bond acceptors (Lipinski definition) is 3. The number of aliphatic carboxylic acids is 1. The number of halogens is 1. The number of carboxylic acids is 1. The smallest absolute Gasteiger partial charge is 0.329 e. The highest BCUT2D eigenvalue weighted by molar-refractivity contribution is 6.30. The van der Waals surface area contributed by atoms with Gasteiger partial charge in [0, 0.05) is 5.02 Å². The fraction of sp³-hybridized carbons (Fsp3) is 0.529. The van der Waals surface area contributed by atoms with Gasteiger partial charge in [-0.3, -0.25) is 4.79 Å². The molecule has 1 aromatic carbocycles. The molecule has 1 fully saturated rings. The Labute approximate surface area is 141 Å². The summed E-state index contributed by atoms with van der Waals surface area (Å²) in [5.74, 6) is -0.853. The Balaban J connectivity index is 1.94. The van der Waals surface area contributed by atoms with Crippen molar-refractivity contribution in [3.63, 3.8) is 0 Å². The first-order valence-corrected chi connectivity index (χ1v) is 8.32. The Bertz CT molecular complexity index is 536. The van der Waals surface area contributed by atoms with Crippen molar-refractivity contribution in [2.24, 2.45) is 0 Å². The van der Waals surface area contributed by atoms with Crippen LogP contribution in [0.15, 0.2) is 24.3 Å². The number of hydrogen-bond donors (Lipinski definition) is 2. The second-order valence-electron chi connectivity index (χ2n) is 5.95. The molecule has 0 aromatic heterocycles. The average Bonchev–Trinajstić information content (AvgIpc) is 2.49. The zero-order valence-corrected chi connectivity index (χ0v) is 13.8. The van der Waals surface area contributed by atoms with Crippen molar-refractivity contribution >= 4 is 23.5 Å². The lowest BCUT2D eigenvalue weighted by Gasteiger charge is -2.32. The van der Waals surface area contributed by atoms with Gasteiger partial charge >= 0.3 is 5.97 Å². The summed E-state index contributed by atoms with van der Waals surface area (Å²) < 4.78 is 5.38. The number of ether oxygens (including phenoxy) is 1. The van der Waals surface area contributed by atoms with E-state index in [4.69, 9.17) is 16.3 Å². The van der Waals surface area contributed by atoms with Crippen LogP contribution in [0.3, 0.4) is 0 Å². The van der Waals surface area contributed by atoms with Crippen molar-refractivity contribution < 1.29 is 19.4 Å². The van der Waals surface area contributed by atoms with E-state index in [0.29, 0.717) is 23.6 Å². The van der Waals surface area contributed by atoms with E-state index in [1.165, 1.54) is 0 Å². The fourth-order valence-electron chi connectivity index (χ4n) is 2.88. The van der Waals surface area contributed by atoms with Crippen molar-refractivity contribution in [3.05, 3.63) is 29.3 Å². The minimum absolute atomic E-state index is 0.212. The third-order valence-corrected chi connectivity index (χ3v) is 4.43. The van der Waals surface area contributed by atoms with Crippen LogP contribution < -0.4 is 10.1 Å². The van der Waals surface area contributed by atoms with Crippen LogP contribution in [0.2, 0.25) is 5.02 Å². The standard InChI is InChI=1S/C17H22ClNO4/c18-13-6-8-14(9-7-13)23-12-15(20)19-17(16(21)22)10-4-2-1-3-5-11-17/h6-9H,1-5,10-12H2,(H,19,20)(H,21,22). The van der Waals surface area contributed by atoms with Gasteiger partial charge in [-0.15, -0.1) is 0 Å². The monoisotopic (exact) mass is 339 g/mol. The number of rotatable bonds is 5. The quantitative estimate of drug-likeness (QED) is 0.862. The number of nitrogens with one attached hydrogen (secondary N) is 1. The second kappa shape index (κ2) is 8.20. The van der Waals surface area contributed by atoms with Gasteiger partial charge in [-0.2, -0.15) is 0 Å². The molecule has 1 aliphatic carbocycles. The predicted octanol–water partition coefficient (Wildman–Crippen LogP) is 3.40. The molecule has 0 spiro atoms. The Hall–Kier alpha value is -1.75. The van der Waals surface area contributed by atoms with Gasteiger partial charge in [0.05, 0.1) is 0 Å². The maximum absolute atomic E-state index is 12.1. The highest BCUT2D eigenvalue weighted by Crippen LogP contribution is 2.27. The predicted molar refractivity (Wildman–Crippen MR) is 87.8 cm³/mol. The number of carbonyl (C=O) groups is 2. The molecule has 2 rings (SSSR count). The van der Waals surface area contributed by atoms with Gasteiger partial charge in [-0.25, -0.2) is 4.79 Å². The minimum Gasteiger partial charge on any atom is -0.484 e. The number of amides is 1. The van der Waals surface area contributed by atoms with Gasteiger partial charge in [0.25, 0.3) is 5.91 Å². The highest BCUT2D eigenvalue weighted by Gasteiger charge is 2.39. The molecule has 2 N–H and O–H groups in total. The van der Waals surface area contributed by atoms with Crippen molar-refractivity contribution in [1.82, 2.24) is 5.32 Å². The van der Waals surface area contributed by atoms with E-state index in [2.05, 4.69) is 5.32 Å². The zero-order chi connectivity index (χ0) is 16.7. The lowest BCUT2D eigenvalue weighted by atomic mass is 9.84. The summed E-state index contributed by atoms with van der Waals surface area (Å²) in [5, 5.41) is 12.9. The molecule has 0 radical (unpaired) electrons. The largest absolute Gasteiger partial charge is 0.484 e. The SMILES string of the molecule is O=C(COc1ccc(Cl)cc1)NC1(C(=O)O)CCCCCCC1. The molecule has 0 saturated heterocycles. The summed E-state index contributed by atoms with van der Waals surface area (Å²) in [6, 6.07) is 6.67. The average molecular weight is 340 g/mol. The minimum atomic E-state index is -1.17. The summed E-state index contributed by atoms with van der Waals surface area (Å²) in [4.78, 5) is 23.9. The molecule has 0 bridgehead atoms. The molecule has 0 unspecified atom stereocenters. The normalized spacial score (nSPS) is 17.6. The van der Waals surface area contributed by atoms with E-state index < -0.39 is 17.4 Å². The first kappa shape index (κ1) is 17.6. The summed E-state index contributed by atoms with van der Waals surface area (Å²) >= 11 is 5.78. The summed E-state index contributed by atoms with van der Waals surface area (Å²) in [6.07, 6.45) is 5.70. The first-order valence-electron chi connectivity index (χ1n) is 7.95. The Morgan fingerprint density at radius 2 is 1.65 bits per heavy atom. The van der Waals surface area contributed by atoms with Crippen LogP contribution in [0.1, 0.15) is 44.9 Å². The molecule has 1 saturated carbocycles. The molecule has 1 aromatic rings. The van der Waals surface area contributed by atoms with Gasteiger partial charge in [-0.1, -0.05) is 43.7 Å². The van der Waals surface area contributed by atoms with E-state index in [1.807, 2.05) is 0 Å². The number of carbonyl (C=O) groups excluding carboxylic acids is 1. The summed E-state index contributed by atoms with van der Waals surface area (Å²) in [6.45, 7) is -0.212. The van der Waals surface area contributed by atoms with Gasteiger partial charge in [0.1, 0.15) is 11.3 Å². The van der Waals surface area contributed by atoms with Crippen molar-refractivity contribution in [2.75, 3.05) is 6.61 Å². The maximum atomic E-state index is 12.1. The number of benzene rings is 1. The van der Waals surface area contributed by atoms with Gasteiger partial charge in [-0.05, 0) is 37.1 Å². The molecule has 1 amide bonds. The lowest BCUT2D eigenvalue weighted by Crippen LogP contribution is -2.55. The molecule has 126 valence electrons. The third-order valence-electron chi connectivity index (χ3n) is 4.18. The van der Waals surface area contributed by atoms with Crippen LogP contribution in [-0.2, 0) is 9.59 Å². The zero-order valence-electron chi connectivity index (χ0n) is 13.0. The van der Waals surface area contributed by atoms with Crippen LogP contribution in [0.5, 0.6) is 5.75 Å². The topological polar surface area (TPSA) is 75.6 Å². The van der Waals surface area contributed by atoms with Gasteiger partial charge in [0.2, 0.25) is 0 Å². The molecule has 0 atom stereocenters. The van der Waals surface area contributed by atoms with Crippen LogP contribution in [0.25, 0.3) is 0 Å². The highest BCUT2D eigenvalue weighted by atomic mass is 35.5. The van der Waals surface area contributed by atoms with Crippen LogP contribution in [0, 0.1) is 0 Å². The number of carboxylic acid groups (broad SMARTS) is 1. The summed E-state index contributed by atoms with van der Waals surface area (Å²) in [7, 11) is 0. The van der Waals surface area contributed by atoms with Crippen LogP contribution >= 0.6 is 11.6 Å². The lowest BCUT2D eigenvalue weighted by molar-refractivity contribution is -0.149. The van der Waals surface area contributed by atoms with E-state index >= 15 is 0 Å². The van der Waals surface area contributed by atoms with Crippen molar-refractivity contribution in [3.8, 4) is 5.75 Å². The molecule has 1 aliphatic rings.